The standard InChI is InChI=1S/C43H81O4P/c1-8-9-10-11-12-13-14-15-16-17-18-19-20-21-22-23-24-25-26-27-28-29-30-31-32-33-34-46-48(45)47-37-38-35-39(42(2,3)4)41(44)40(36-38)43(5,6)7/h35-36,44,48H,8-34,37H2,1-7H3. The maximum atomic E-state index is 12.4. The lowest BCUT2D eigenvalue weighted by Crippen LogP contribution is -2.18. The molecule has 0 saturated carbocycles. The Morgan fingerprint density at radius 3 is 1.08 bits per heavy atom. The van der Waals surface area contributed by atoms with Crippen LogP contribution in [0, 0.1) is 0 Å². The van der Waals surface area contributed by atoms with Crippen molar-refractivity contribution in [1.29, 1.82) is 0 Å². The zero-order chi connectivity index (χ0) is 35.5. The molecule has 1 N–H and O–H groups in total. The van der Waals surface area contributed by atoms with Crippen LogP contribution >= 0.6 is 8.25 Å². The fourth-order valence-electron chi connectivity index (χ4n) is 6.68. The third-order valence-electron chi connectivity index (χ3n) is 9.86. The summed E-state index contributed by atoms with van der Waals surface area (Å²) in [5.41, 5.74) is 2.30. The van der Waals surface area contributed by atoms with Crippen molar-refractivity contribution >= 4 is 8.25 Å². The first-order chi connectivity index (χ1) is 23.0. The van der Waals surface area contributed by atoms with Gasteiger partial charge in [0.25, 0.3) is 0 Å². The van der Waals surface area contributed by atoms with E-state index in [9.17, 15) is 9.67 Å². The van der Waals surface area contributed by atoms with Gasteiger partial charge in [0, 0.05) is 0 Å². The summed E-state index contributed by atoms with van der Waals surface area (Å²) in [6.07, 6.45) is 36.1. The van der Waals surface area contributed by atoms with Gasteiger partial charge in [-0.1, -0.05) is 209 Å². The van der Waals surface area contributed by atoms with E-state index in [2.05, 4.69) is 48.5 Å². The van der Waals surface area contributed by atoms with E-state index in [4.69, 9.17) is 9.05 Å². The van der Waals surface area contributed by atoms with Gasteiger partial charge in [-0.15, -0.1) is 0 Å². The van der Waals surface area contributed by atoms with E-state index >= 15 is 0 Å². The average molecular weight is 693 g/mol. The molecule has 0 heterocycles. The second-order valence-electron chi connectivity index (χ2n) is 16.8. The van der Waals surface area contributed by atoms with Gasteiger partial charge in [0.2, 0.25) is 0 Å². The SMILES string of the molecule is CCCCCCCCCCCCCCCCCCCCCCCCCCCCO[PH](=O)OCc1cc(C(C)(C)C)c(O)c(C(C)(C)C)c1. The first-order valence-electron chi connectivity index (χ1n) is 20.6. The first-order valence-corrected chi connectivity index (χ1v) is 21.9. The summed E-state index contributed by atoms with van der Waals surface area (Å²) in [6, 6.07) is 3.95. The summed E-state index contributed by atoms with van der Waals surface area (Å²) < 4.78 is 23.5. The summed E-state index contributed by atoms with van der Waals surface area (Å²) in [7, 11) is -2.53. The lowest BCUT2D eigenvalue weighted by Gasteiger charge is -2.28. The van der Waals surface area contributed by atoms with Crippen molar-refractivity contribution in [3.8, 4) is 5.75 Å². The Morgan fingerprint density at radius 2 is 0.792 bits per heavy atom. The topological polar surface area (TPSA) is 55.8 Å². The maximum Gasteiger partial charge on any atom is 0.319 e. The number of phenolic OH excluding ortho intramolecular Hbond substituents is 1. The summed E-state index contributed by atoms with van der Waals surface area (Å²) in [5.74, 6) is 0.350. The van der Waals surface area contributed by atoms with E-state index in [0.29, 0.717) is 12.4 Å². The van der Waals surface area contributed by atoms with Crippen molar-refractivity contribution in [2.24, 2.45) is 0 Å². The molecule has 282 valence electrons. The van der Waals surface area contributed by atoms with E-state index in [0.717, 1.165) is 29.5 Å². The Morgan fingerprint density at radius 1 is 0.500 bits per heavy atom. The van der Waals surface area contributed by atoms with Crippen LogP contribution < -0.4 is 0 Å². The van der Waals surface area contributed by atoms with Crippen LogP contribution in [-0.2, 0) is 31.0 Å². The molecule has 0 aromatic heterocycles. The molecule has 0 saturated heterocycles. The maximum absolute atomic E-state index is 12.4. The van der Waals surface area contributed by atoms with Gasteiger partial charge < -0.3 is 14.2 Å². The van der Waals surface area contributed by atoms with Crippen LogP contribution in [0.15, 0.2) is 12.1 Å². The fourth-order valence-corrected chi connectivity index (χ4v) is 7.36. The molecule has 0 spiro atoms. The molecule has 48 heavy (non-hydrogen) atoms. The van der Waals surface area contributed by atoms with Crippen molar-refractivity contribution in [1.82, 2.24) is 0 Å². The normalized spacial score (nSPS) is 13.0. The molecule has 1 unspecified atom stereocenters. The smallest absolute Gasteiger partial charge is 0.319 e. The summed E-state index contributed by atoms with van der Waals surface area (Å²) in [4.78, 5) is 0. The summed E-state index contributed by atoms with van der Waals surface area (Å²) >= 11 is 0. The van der Waals surface area contributed by atoms with Crippen molar-refractivity contribution in [3.05, 3.63) is 28.8 Å². The minimum absolute atomic E-state index is 0.202. The predicted molar refractivity (Wildman–Crippen MR) is 211 cm³/mol. The van der Waals surface area contributed by atoms with Crippen LogP contribution in [0.2, 0.25) is 0 Å². The van der Waals surface area contributed by atoms with Crippen LogP contribution in [0.4, 0.5) is 0 Å². The van der Waals surface area contributed by atoms with Crippen LogP contribution in [0.3, 0.4) is 0 Å². The van der Waals surface area contributed by atoms with E-state index in [-0.39, 0.29) is 17.4 Å². The highest BCUT2D eigenvalue weighted by Gasteiger charge is 2.26. The summed E-state index contributed by atoms with van der Waals surface area (Å²) in [5, 5.41) is 10.9. The molecule has 0 aliphatic rings. The van der Waals surface area contributed by atoms with E-state index in [1.165, 1.54) is 154 Å². The Hall–Kier alpha value is -0.830. The van der Waals surface area contributed by atoms with Crippen LogP contribution in [-0.4, -0.2) is 11.7 Å². The monoisotopic (exact) mass is 693 g/mol. The van der Waals surface area contributed by atoms with E-state index in [1.807, 2.05) is 12.1 Å². The fraction of sp³-hybridized carbons (Fsp3) is 0.860. The van der Waals surface area contributed by atoms with E-state index < -0.39 is 8.25 Å². The highest BCUT2D eigenvalue weighted by atomic mass is 31.1. The van der Waals surface area contributed by atoms with Gasteiger partial charge in [0.15, 0.2) is 0 Å². The molecule has 5 heteroatoms. The van der Waals surface area contributed by atoms with Gasteiger partial charge in [-0.05, 0) is 46.1 Å². The molecule has 0 aliphatic heterocycles. The predicted octanol–water partition coefficient (Wildman–Crippen LogP) is 15.1. The Bertz CT molecular complexity index is 895. The lowest BCUT2D eigenvalue weighted by atomic mass is 9.78. The van der Waals surface area contributed by atoms with Crippen molar-refractivity contribution < 1.29 is 18.7 Å². The van der Waals surface area contributed by atoms with Gasteiger partial charge in [-0.3, -0.25) is 4.57 Å². The summed E-state index contributed by atoms with van der Waals surface area (Å²) in [6.45, 7) is 15.6. The number of benzene rings is 1. The number of hydrogen-bond acceptors (Lipinski definition) is 4. The number of hydrogen-bond donors (Lipinski definition) is 1. The molecule has 0 fully saturated rings. The van der Waals surface area contributed by atoms with Crippen LogP contribution in [0.1, 0.15) is 232 Å². The van der Waals surface area contributed by atoms with Gasteiger partial charge >= 0.3 is 8.25 Å². The highest BCUT2D eigenvalue weighted by Crippen LogP contribution is 2.40. The zero-order valence-corrected chi connectivity index (χ0v) is 34.1. The number of aromatic hydroxyl groups is 1. The lowest BCUT2D eigenvalue weighted by molar-refractivity contribution is 0.215. The van der Waals surface area contributed by atoms with Gasteiger partial charge in [0.1, 0.15) is 5.75 Å². The molecule has 0 aliphatic carbocycles. The van der Waals surface area contributed by atoms with Crippen LogP contribution in [0.25, 0.3) is 0 Å². The number of rotatable bonds is 31. The Kier molecular flexibility index (Phi) is 26.2. The largest absolute Gasteiger partial charge is 0.507 e. The third-order valence-corrected chi connectivity index (χ3v) is 10.7. The second kappa shape index (κ2) is 27.8. The quantitative estimate of drug-likeness (QED) is 0.0621. The molecule has 1 rings (SSSR count). The Balaban J connectivity index is 1.91. The minimum Gasteiger partial charge on any atom is -0.507 e. The van der Waals surface area contributed by atoms with Crippen LogP contribution in [0.5, 0.6) is 5.75 Å². The molecule has 0 bridgehead atoms. The minimum atomic E-state index is -2.53. The van der Waals surface area contributed by atoms with Gasteiger partial charge in [-0.2, -0.15) is 0 Å². The zero-order valence-electron chi connectivity index (χ0n) is 33.1. The molecule has 0 radical (unpaired) electrons. The van der Waals surface area contributed by atoms with Gasteiger partial charge in [0.05, 0.1) is 13.2 Å². The van der Waals surface area contributed by atoms with E-state index in [1.54, 1.807) is 0 Å². The molecule has 1 aromatic carbocycles. The first kappa shape index (κ1) is 45.2. The van der Waals surface area contributed by atoms with Crippen molar-refractivity contribution in [3.63, 3.8) is 0 Å². The average Bonchev–Trinajstić information content (AvgIpc) is 3.02. The van der Waals surface area contributed by atoms with Crippen molar-refractivity contribution in [2.75, 3.05) is 6.61 Å². The van der Waals surface area contributed by atoms with Crippen molar-refractivity contribution in [2.45, 2.75) is 233 Å². The molecule has 4 nitrogen and oxygen atoms in total. The molecular formula is C43H81O4P. The molecule has 0 amide bonds. The number of phenols is 1. The second-order valence-corrected chi connectivity index (χ2v) is 17.8. The number of unbranched alkanes of at least 4 members (excludes halogenated alkanes) is 25. The molecule has 1 atom stereocenters. The molecule has 1 aromatic rings. The third kappa shape index (κ3) is 23.6. The highest BCUT2D eigenvalue weighted by molar-refractivity contribution is 7.33. The Labute approximate surface area is 300 Å². The van der Waals surface area contributed by atoms with Gasteiger partial charge in [-0.25, -0.2) is 0 Å². The molecular weight excluding hydrogens is 611 g/mol.